The molecule has 0 saturated carbocycles. The van der Waals surface area contributed by atoms with Gasteiger partial charge >= 0.3 is 5.97 Å². The Morgan fingerprint density at radius 3 is 2.19 bits per heavy atom. The number of hydrogen-bond acceptors (Lipinski definition) is 3. The molecule has 0 amide bonds. The molecule has 0 fully saturated rings. The Balaban J connectivity index is 3.04. The lowest BCUT2D eigenvalue weighted by Crippen LogP contribution is -1.99. The highest BCUT2D eigenvalue weighted by Crippen LogP contribution is 2.40. The second-order valence-electron chi connectivity index (χ2n) is 3.24. The molecular formula is C11H7IO4. The Hall–Kier alpha value is -1.50. The molecule has 0 radical (unpaired) electrons. The number of phenolic OH excluding ortho intramolecular Hbond substituents is 1. The van der Waals surface area contributed by atoms with Crippen molar-refractivity contribution in [3.63, 3.8) is 0 Å². The summed E-state index contributed by atoms with van der Waals surface area (Å²) in [5, 5.41) is 29.2. The summed E-state index contributed by atoms with van der Waals surface area (Å²) in [6.07, 6.45) is 0. The van der Waals surface area contributed by atoms with Crippen molar-refractivity contribution >= 4 is 39.3 Å². The molecule has 2 aromatic rings. The molecule has 16 heavy (non-hydrogen) atoms. The van der Waals surface area contributed by atoms with Gasteiger partial charge in [0, 0.05) is 5.39 Å². The van der Waals surface area contributed by atoms with Crippen LogP contribution < -0.4 is 0 Å². The van der Waals surface area contributed by atoms with Gasteiger partial charge in [0.25, 0.3) is 0 Å². The van der Waals surface area contributed by atoms with Crippen molar-refractivity contribution < 1.29 is 20.1 Å². The van der Waals surface area contributed by atoms with Crippen LogP contribution in [0, 0.1) is 3.57 Å². The average molecular weight is 330 g/mol. The van der Waals surface area contributed by atoms with E-state index in [4.69, 9.17) is 5.11 Å². The number of phenols is 2. The van der Waals surface area contributed by atoms with Crippen LogP contribution in [0.4, 0.5) is 0 Å². The summed E-state index contributed by atoms with van der Waals surface area (Å²) in [4.78, 5) is 11.0. The van der Waals surface area contributed by atoms with Gasteiger partial charge in [0.05, 0.1) is 3.57 Å². The molecular weight excluding hydrogens is 323 g/mol. The fourth-order valence-electron chi connectivity index (χ4n) is 1.59. The molecule has 82 valence electrons. The fraction of sp³-hybridized carbons (Fsp3) is 0. The van der Waals surface area contributed by atoms with Gasteiger partial charge in [-0.1, -0.05) is 24.3 Å². The molecule has 0 unspecified atom stereocenters. The molecule has 4 nitrogen and oxygen atoms in total. The number of benzene rings is 2. The summed E-state index contributed by atoms with van der Waals surface area (Å²) in [5.74, 6) is -2.24. The molecule has 0 bridgehead atoms. The maximum absolute atomic E-state index is 11.0. The van der Waals surface area contributed by atoms with E-state index in [9.17, 15) is 15.0 Å². The highest BCUT2D eigenvalue weighted by atomic mass is 127. The summed E-state index contributed by atoms with van der Waals surface area (Å²) >= 11 is 1.87. The first-order valence-electron chi connectivity index (χ1n) is 4.39. The SMILES string of the molecule is O=C(O)c1c(O)c(O)c(I)c2ccccc12. The molecule has 3 N–H and O–H groups in total. The molecule has 2 rings (SSSR count). The van der Waals surface area contributed by atoms with Crippen molar-refractivity contribution in [3.05, 3.63) is 33.4 Å². The van der Waals surface area contributed by atoms with Crippen molar-refractivity contribution in [1.29, 1.82) is 0 Å². The van der Waals surface area contributed by atoms with E-state index in [0.29, 0.717) is 14.3 Å². The van der Waals surface area contributed by atoms with Gasteiger partial charge in [0.2, 0.25) is 0 Å². The first kappa shape index (κ1) is 11.0. The van der Waals surface area contributed by atoms with Crippen LogP contribution in [0.5, 0.6) is 11.5 Å². The molecule has 0 aliphatic heterocycles. The minimum absolute atomic E-state index is 0.270. The minimum atomic E-state index is -1.26. The molecule has 5 heteroatoms. The lowest BCUT2D eigenvalue weighted by molar-refractivity contribution is 0.0695. The van der Waals surface area contributed by atoms with Crippen LogP contribution in [0.3, 0.4) is 0 Å². The van der Waals surface area contributed by atoms with Gasteiger partial charge in [-0.2, -0.15) is 0 Å². The summed E-state index contributed by atoms with van der Waals surface area (Å²) in [6.45, 7) is 0. The molecule has 0 atom stereocenters. The topological polar surface area (TPSA) is 77.8 Å². The summed E-state index contributed by atoms with van der Waals surface area (Å²) in [5.41, 5.74) is -0.270. The normalized spacial score (nSPS) is 10.6. The van der Waals surface area contributed by atoms with Gasteiger partial charge in [-0.25, -0.2) is 4.79 Å². The third kappa shape index (κ3) is 1.47. The van der Waals surface area contributed by atoms with Crippen LogP contribution >= 0.6 is 22.6 Å². The van der Waals surface area contributed by atoms with Crippen LogP contribution in [-0.2, 0) is 0 Å². The zero-order valence-electron chi connectivity index (χ0n) is 7.94. The number of hydrogen-bond donors (Lipinski definition) is 3. The third-order valence-corrected chi connectivity index (χ3v) is 3.41. The maximum atomic E-state index is 11.0. The molecule has 0 heterocycles. The smallest absolute Gasteiger partial charge is 0.340 e. The van der Waals surface area contributed by atoms with E-state index < -0.39 is 17.5 Å². The number of halogens is 1. The first-order chi connectivity index (χ1) is 7.54. The van der Waals surface area contributed by atoms with E-state index in [0.717, 1.165) is 0 Å². The summed E-state index contributed by atoms with van der Waals surface area (Å²) in [7, 11) is 0. The lowest BCUT2D eigenvalue weighted by atomic mass is 10.0. The summed E-state index contributed by atoms with van der Waals surface area (Å²) in [6, 6.07) is 6.72. The molecule has 2 aromatic carbocycles. The highest BCUT2D eigenvalue weighted by molar-refractivity contribution is 14.1. The fourth-order valence-corrected chi connectivity index (χ4v) is 2.31. The van der Waals surface area contributed by atoms with Gasteiger partial charge in [0.1, 0.15) is 5.56 Å². The van der Waals surface area contributed by atoms with Gasteiger partial charge in [-0.15, -0.1) is 0 Å². The predicted molar refractivity (Wildman–Crippen MR) is 67.0 cm³/mol. The zero-order chi connectivity index (χ0) is 11.9. The van der Waals surface area contributed by atoms with E-state index >= 15 is 0 Å². The number of rotatable bonds is 1. The minimum Gasteiger partial charge on any atom is -0.504 e. The Bertz CT molecular complexity index is 592. The summed E-state index contributed by atoms with van der Waals surface area (Å²) < 4.78 is 0.440. The maximum Gasteiger partial charge on any atom is 0.340 e. The van der Waals surface area contributed by atoms with E-state index in [2.05, 4.69) is 0 Å². The van der Waals surface area contributed by atoms with Crippen molar-refractivity contribution in [2.75, 3.05) is 0 Å². The first-order valence-corrected chi connectivity index (χ1v) is 5.47. The van der Waals surface area contributed by atoms with Crippen molar-refractivity contribution in [3.8, 4) is 11.5 Å². The molecule has 0 aromatic heterocycles. The number of carboxylic acid groups (broad SMARTS) is 1. The Labute approximate surface area is 104 Å². The Morgan fingerprint density at radius 2 is 1.62 bits per heavy atom. The third-order valence-electron chi connectivity index (χ3n) is 2.32. The highest BCUT2D eigenvalue weighted by Gasteiger charge is 2.21. The predicted octanol–water partition coefficient (Wildman–Crippen LogP) is 2.55. The van der Waals surface area contributed by atoms with Gasteiger partial charge < -0.3 is 15.3 Å². The monoisotopic (exact) mass is 330 g/mol. The van der Waals surface area contributed by atoms with Crippen molar-refractivity contribution in [2.45, 2.75) is 0 Å². The standard InChI is InChI=1S/C11H7IO4/c12-8-6-4-2-1-3-5(6)7(11(15)16)9(13)10(8)14/h1-4,13-14H,(H,15,16). The largest absolute Gasteiger partial charge is 0.504 e. The number of aromatic carboxylic acids is 1. The van der Waals surface area contributed by atoms with Crippen molar-refractivity contribution in [2.24, 2.45) is 0 Å². The van der Waals surface area contributed by atoms with Gasteiger partial charge in [-0.05, 0) is 28.0 Å². The van der Waals surface area contributed by atoms with Crippen LogP contribution in [0.2, 0.25) is 0 Å². The van der Waals surface area contributed by atoms with Gasteiger partial charge in [-0.3, -0.25) is 0 Å². The number of carboxylic acids is 1. The van der Waals surface area contributed by atoms with Gasteiger partial charge in [0.15, 0.2) is 11.5 Å². The second kappa shape index (κ2) is 3.82. The van der Waals surface area contributed by atoms with E-state index in [1.54, 1.807) is 24.3 Å². The Kier molecular flexibility index (Phi) is 2.63. The second-order valence-corrected chi connectivity index (χ2v) is 4.32. The van der Waals surface area contributed by atoms with E-state index in [-0.39, 0.29) is 5.56 Å². The molecule has 0 aliphatic rings. The number of aromatic hydroxyl groups is 2. The molecule has 0 aliphatic carbocycles. The van der Waals surface area contributed by atoms with Crippen molar-refractivity contribution in [1.82, 2.24) is 0 Å². The lowest BCUT2D eigenvalue weighted by Gasteiger charge is -2.09. The van der Waals surface area contributed by atoms with Crippen LogP contribution in [0.25, 0.3) is 10.8 Å². The van der Waals surface area contributed by atoms with Crippen LogP contribution in [0.15, 0.2) is 24.3 Å². The van der Waals surface area contributed by atoms with Crippen LogP contribution in [0.1, 0.15) is 10.4 Å². The Morgan fingerprint density at radius 1 is 1.06 bits per heavy atom. The quantitative estimate of drug-likeness (QED) is 0.555. The molecule has 0 spiro atoms. The zero-order valence-corrected chi connectivity index (χ0v) is 10.1. The average Bonchev–Trinajstić information content (AvgIpc) is 2.26. The number of fused-ring (bicyclic) bond motifs is 1. The molecule has 0 saturated heterocycles. The number of carbonyl (C=O) groups is 1. The van der Waals surface area contributed by atoms with E-state index in [1.807, 2.05) is 22.6 Å². The van der Waals surface area contributed by atoms with E-state index in [1.165, 1.54) is 0 Å². The van der Waals surface area contributed by atoms with Crippen LogP contribution in [-0.4, -0.2) is 21.3 Å².